The van der Waals surface area contributed by atoms with Gasteiger partial charge in [-0.1, -0.05) is 15.9 Å². The number of halogens is 1. The van der Waals surface area contributed by atoms with E-state index in [1.54, 1.807) is 11.7 Å². The van der Waals surface area contributed by atoms with E-state index in [9.17, 15) is 4.79 Å². The van der Waals surface area contributed by atoms with Crippen molar-refractivity contribution in [3.63, 3.8) is 0 Å². The molecule has 0 unspecified atom stereocenters. The molecule has 0 bridgehead atoms. The largest absolute Gasteiger partial charge is 0.344 e. The van der Waals surface area contributed by atoms with Crippen LogP contribution in [0.15, 0.2) is 6.07 Å². The molecule has 1 aliphatic carbocycles. The normalized spacial score (nSPS) is 17.9. The average Bonchev–Trinajstić information content (AvgIpc) is 2.51. The summed E-state index contributed by atoms with van der Waals surface area (Å²) in [4.78, 5) is 12.1. The van der Waals surface area contributed by atoms with Gasteiger partial charge in [0.05, 0.1) is 11.2 Å². The molecule has 16 heavy (non-hydrogen) atoms. The molecule has 0 spiro atoms. The van der Waals surface area contributed by atoms with E-state index in [-0.39, 0.29) is 11.4 Å². The summed E-state index contributed by atoms with van der Waals surface area (Å²) >= 11 is 3.47. The molecule has 1 aliphatic rings. The van der Waals surface area contributed by atoms with Gasteiger partial charge in [-0.05, 0) is 32.3 Å². The molecule has 1 aromatic rings. The lowest BCUT2D eigenvalue weighted by Crippen LogP contribution is -2.55. The molecule has 5 heteroatoms. The van der Waals surface area contributed by atoms with E-state index < -0.39 is 0 Å². The first-order chi connectivity index (χ1) is 7.56. The zero-order valence-corrected chi connectivity index (χ0v) is 11.2. The van der Waals surface area contributed by atoms with Crippen LogP contribution in [0.25, 0.3) is 0 Å². The van der Waals surface area contributed by atoms with E-state index in [2.05, 4.69) is 26.3 Å². The van der Waals surface area contributed by atoms with Crippen LogP contribution < -0.4 is 5.32 Å². The molecule has 2 rings (SSSR count). The molecule has 0 saturated heterocycles. The van der Waals surface area contributed by atoms with E-state index in [4.69, 9.17) is 0 Å². The number of carbonyl (C=O) groups is 1. The maximum atomic E-state index is 12.1. The number of hydrogen-bond donors (Lipinski definition) is 1. The van der Waals surface area contributed by atoms with Crippen molar-refractivity contribution in [3.8, 4) is 0 Å². The molecule has 0 atom stereocenters. The van der Waals surface area contributed by atoms with Crippen LogP contribution in [0.5, 0.6) is 0 Å². The van der Waals surface area contributed by atoms with Crippen molar-refractivity contribution >= 4 is 21.8 Å². The van der Waals surface area contributed by atoms with E-state index in [0.29, 0.717) is 5.69 Å². The van der Waals surface area contributed by atoms with Gasteiger partial charge in [0.25, 0.3) is 5.91 Å². The molecule has 0 radical (unpaired) electrons. The lowest BCUT2D eigenvalue weighted by atomic mass is 9.78. The van der Waals surface area contributed by atoms with Crippen molar-refractivity contribution in [2.24, 2.45) is 7.05 Å². The highest BCUT2D eigenvalue weighted by molar-refractivity contribution is 9.09. The SMILES string of the molecule is Cc1cc(C(=O)NC2(CBr)CCC2)n(C)n1. The molecule has 88 valence electrons. The molecule has 1 N–H and O–H groups in total. The summed E-state index contributed by atoms with van der Waals surface area (Å²) in [6.07, 6.45) is 3.30. The molecule has 0 aliphatic heterocycles. The average molecular weight is 286 g/mol. The first-order valence-corrected chi connectivity index (χ1v) is 6.58. The monoisotopic (exact) mass is 285 g/mol. The Balaban J connectivity index is 2.11. The van der Waals surface area contributed by atoms with Crippen molar-refractivity contribution in [1.82, 2.24) is 15.1 Å². The van der Waals surface area contributed by atoms with Crippen LogP contribution >= 0.6 is 15.9 Å². The van der Waals surface area contributed by atoms with E-state index in [0.717, 1.165) is 23.9 Å². The van der Waals surface area contributed by atoms with Crippen LogP contribution in [-0.4, -0.2) is 26.6 Å². The van der Waals surface area contributed by atoms with Crippen LogP contribution in [-0.2, 0) is 7.05 Å². The molecule has 1 amide bonds. The number of nitrogens with zero attached hydrogens (tertiary/aromatic N) is 2. The Kier molecular flexibility index (Phi) is 3.06. The Morgan fingerprint density at radius 3 is 2.75 bits per heavy atom. The van der Waals surface area contributed by atoms with Gasteiger partial charge < -0.3 is 5.32 Å². The number of alkyl halides is 1. The third-order valence-corrected chi connectivity index (χ3v) is 4.25. The fraction of sp³-hybridized carbons (Fsp3) is 0.636. The summed E-state index contributed by atoms with van der Waals surface area (Å²) in [7, 11) is 1.80. The molecule has 0 aromatic carbocycles. The lowest BCUT2D eigenvalue weighted by molar-refractivity contribution is 0.0846. The van der Waals surface area contributed by atoms with Crippen molar-refractivity contribution in [2.75, 3.05) is 5.33 Å². The second-order valence-electron chi connectivity index (χ2n) is 4.52. The quantitative estimate of drug-likeness (QED) is 0.861. The minimum atomic E-state index is -0.0325. The highest BCUT2D eigenvalue weighted by Crippen LogP contribution is 2.33. The van der Waals surface area contributed by atoms with Gasteiger partial charge in [-0.25, -0.2) is 0 Å². The summed E-state index contributed by atoms with van der Waals surface area (Å²) in [6.45, 7) is 1.89. The Labute approximate surface area is 104 Å². The zero-order valence-electron chi connectivity index (χ0n) is 9.59. The number of rotatable bonds is 3. The summed E-state index contributed by atoms with van der Waals surface area (Å²) in [5.74, 6) is -0.0257. The number of aryl methyl sites for hydroxylation is 2. The third kappa shape index (κ3) is 2.00. The van der Waals surface area contributed by atoms with E-state index in [1.165, 1.54) is 6.42 Å². The first kappa shape index (κ1) is 11.6. The topological polar surface area (TPSA) is 46.9 Å². The third-order valence-electron chi connectivity index (χ3n) is 3.18. The number of aromatic nitrogens is 2. The predicted octanol–water partition coefficient (Wildman–Crippen LogP) is 1.78. The van der Waals surface area contributed by atoms with Crippen LogP contribution in [0.3, 0.4) is 0 Å². The Morgan fingerprint density at radius 2 is 2.38 bits per heavy atom. The van der Waals surface area contributed by atoms with Gasteiger partial charge in [-0.3, -0.25) is 9.48 Å². The van der Waals surface area contributed by atoms with E-state index >= 15 is 0 Å². The van der Waals surface area contributed by atoms with Gasteiger partial charge in [0.2, 0.25) is 0 Å². The second kappa shape index (κ2) is 4.20. The number of amides is 1. The van der Waals surface area contributed by atoms with Crippen LogP contribution in [0.4, 0.5) is 0 Å². The maximum Gasteiger partial charge on any atom is 0.270 e. The predicted molar refractivity (Wildman–Crippen MR) is 65.8 cm³/mol. The second-order valence-corrected chi connectivity index (χ2v) is 5.08. The molecular weight excluding hydrogens is 270 g/mol. The van der Waals surface area contributed by atoms with Crippen molar-refractivity contribution in [1.29, 1.82) is 0 Å². The molecule has 1 saturated carbocycles. The van der Waals surface area contributed by atoms with E-state index in [1.807, 2.05) is 13.0 Å². The summed E-state index contributed by atoms with van der Waals surface area (Å²) in [6, 6.07) is 1.82. The van der Waals surface area contributed by atoms with Gasteiger partial charge in [0.15, 0.2) is 0 Å². The van der Waals surface area contributed by atoms with Gasteiger partial charge >= 0.3 is 0 Å². The Bertz CT molecular complexity index is 404. The van der Waals surface area contributed by atoms with Crippen molar-refractivity contribution in [2.45, 2.75) is 31.7 Å². The first-order valence-electron chi connectivity index (χ1n) is 5.45. The minimum absolute atomic E-state index is 0.0257. The fourth-order valence-electron chi connectivity index (χ4n) is 2.02. The van der Waals surface area contributed by atoms with Gasteiger partial charge in [0.1, 0.15) is 5.69 Å². The lowest BCUT2D eigenvalue weighted by Gasteiger charge is -2.41. The van der Waals surface area contributed by atoms with Crippen molar-refractivity contribution in [3.05, 3.63) is 17.5 Å². The van der Waals surface area contributed by atoms with Gasteiger partial charge in [-0.15, -0.1) is 0 Å². The Morgan fingerprint density at radius 1 is 1.69 bits per heavy atom. The zero-order chi connectivity index (χ0) is 11.8. The molecule has 1 fully saturated rings. The molecular formula is C11H16BrN3O. The van der Waals surface area contributed by atoms with Gasteiger partial charge in [-0.2, -0.15) is 5.10 Å². The molecule has 1 aromatic heterocycles. The van der Waals surface area contributed by atoms with Crippen LogP contribution in [0.1, 0.15) is 35.4 Å². The molecule has 1 heterocycles. The minimum Gasteiger partial charge on any atom is -0.344 e. The fourth-order valence-corrected chi connectivity index (χ4v) is 2.72. The Hall–Kier alpha value is -0.840. The number of nitrogens with one attached hydrogen (secondary N) is 1. The highest BCUT2D eigenvalue weighted by Gasteiger charge is 2.37. The summed E-state index contributed by atoms with van der Waals surface area (Å²) in [5, 5.41) is 8.10. The van der Waals surface area contributed by atoms with Gasteiger partial charge in [0, 0.05) is 12.4 Å². The van der Waals surface area contributed by atoms with Crippen molar-refractivity contribution < 1.29 is 4.79 Å². The standard InChI is InChI=1S/C11H16BrN3O/c1-8-6-9(15(2)14-8)10(16)13-11(7-12)4-3-5-11/h6H,3-5,7H2,1-2H3,(H,13,16). The number of hydrogen-bond acceptors (Lipinski definition) is 2. The number of carbonyl (C=O) groups excluding carboxylic acids is 1. The highest BCUT2D eigenvalue weighted by atomic mass is 79.9. The summed E-state index contributed by atoms with van der Waals surface area (Å²) in [5.41, 5.74) is 1.47. The maximum absolute atomic E-state index is 12.1. The van der Waals surface area contributed by atoms with Crippen LogP contribution in [0.2, 0.25) is 0 Å². The smallest absolute Gasteiger partial charge is 0.270 e. The summed E-state index contributed by atoms with van der Waals surface area (Å²) < 4.78 is 1.63. The molecule has 4 nitrogen and oxygen atoms in total. The van der Waals surface area contributed by atoms with Crippen LogP contribution in [0, 0.1) is 6.92 Å².